The van der Waals surface area contributed by atoms with Crippen molar-refractivity contribution in [2.24, 2.45) is 0 Å². The molecule has 0 bridgehead atoms. The molecule has 3 amide bonds. The molecular formula is C44H51N3O12. The second-order valence-corrected chi connectivity index (χ2v) is 13.9. The number of benzene rings is 3. The van der Waals surface area contributed by atoms with Gasteiger partial charge in [0.25, 0.3) is 0 Å². The summed E-state index contributed by atoms with van der Waals surface area (Å²) < 4.78 is 42.0. The van der Waals surface area contributed by atoms with Crippen LogP contribution in [0.5, 0.6) is 0 Å². The fourth-order valence-corrected chi connectivity index (χ4v) is 6.34. The summed E-state index contributed by atoms with van der Waals surface area (Å²) >= 11 is 0. The molecule has 15 nitrogen and oxygen atoms in total. The summed E-state index contributed by atoms with van der Waals surface area (Å²) in [6, 6.07) is 24.3. The Morgan fingerprint density at radius 3 is 2.10 bits per heavy atom. The molecular weight excluding hydrogens is 762 g/mol. The van der Waals surface area contributed by atoms with Gasteiger partial charge in [0.05, 0.1) is 13.2 Å². The quantitative estimate of drug-likeness (QED) is 0.0855. The summed E-state index contributed by atoms with van der Waals surface area (Å²) in [5, 5.41) is 8.04. The van der Waals surface area contributed by atoms with Gasteiger partial charge in [-0.3, -0.25) is 19.2 Å². The number of nitrogens with one attached hydrogen (secondary N) is 3. The second-order valence-electron chi connectivity index (χ2n) is 13.9. The van der Waals surface area contributed by atoms with Crippen molar-refractivity contribution in [2.75, 3.05) is 13.2 Å². The number of carbonyl (C=O) groups is 5. The number of hydrogen-bond acceptors (Lipinski definition) is 12. The molecule has 314 valence electrons. The van der Waals surface area contributed by atoms with Gasteiger partial charge < -0.3 is 49.1 Å². The van der Waals surface area contributed by atoms with Crippen LogP contribution in [-0.2, 0) is 70.3 Å². The minimum absolute atomic E-state index is 0.0481. The lowest BCUT2D eigenvalue weighted by Crippen LogP contribution is -2.68. The summed E-state index contributed by atoms with van der Waals surface area (Å²) in [6.45, 7) is 10.2. The van der Waals surface area contributed by atoms with Crippen LogP contribution >= 0.6 is 0 Å². The summed E-state index contributed by atoms with van der Waals surface area (Å²) in [5.74, 6) is -3.32. The van der Waals surface area contributed by atoms with Gasteiger partial charge in [-0.1, -0.05) is 110 Å². The van der Waals surface area contributed by atoms with Crippen molar-refractivity contribution in [2.45, 2.75) is 95.0 Å². The highest BCUT2D eigenvalue weighted by Gasteiger charge is 2.52. The number of carbonyl (C=O) groups excluding carboxylic acids is 5. The van der Waals surface area contributed by atoms with E-state index in [0.29, 0.717) is 0 Å². The number of hydrogen-bond donors (Lipinski definition) is 3. The molecule has 5 rings (SSSR count). The molecule has 59 heavy (non-hydrogen) atoms. The molecule has 0 unspecified atom stereocenters. The third kappa shape index (κ3) is 13.1. The number of esters is 2. The predicted octanol–water partition coefficient (Wildman–Crippen LogP) is 3.73. The van der Waals surface area contributed by atoms with E-state index in [2.05, 4.69) is 29.1 Å². The van der Waals surface area contributed by atoms with Crippen LogP contribution < -0.4 is 16.0 Å². The van der Waals surface area contributed by atoms with Crippen LogP contribution in [0.15, 0.2) is 116 Å². The molecule has 2 aliphatic rings. The first kappa shape index (κ1) is 44.4. The third-order valence-electron chi connectivity index (χ3n) is 9.47. The van der Waals surface area contributed by atoms with Gasteiger partial charge in [-0.2, -0.15) is 0 Å². The van der Waals surface area contributed by atoms with E-state index in [1.807, 2.05) is 91.0 Å². The SMILES string of the molecule is C=CCOC(=O)[C@@H](CCC(=O)OCc1ccccc1)NC(=O)[C@H](C)NC(=O)[C@@H](C)O[C@@H]1[C@@H](NC(=O)C=C)[C@@H](OCc2ccccc2)O[C@@H]2CO[C@@H](c3ccccc3)O[C@@H]12. The Balaban J connectivity index is 1.27. The molecule has 2 fully saturated rings. The lowest BCUT2D eigenvalue weighted by Gasteiger charge is -2.49. The average Bonchev–Trinajstić information content (AvgIpc) is 3.26. The van der Waals surface area contributed by atoms with Gasteiger partial charge in [0.2, 0.25) is 17.7 Å². The molecule has 15 heteroatoms. The Labute approximate surface area is 343 Å². The van der Waals surface area contributed by atoms with Gasteiger partial charge in [-0.15, -0.1) is 0 Å². The molecule has 0 spiro atoms. The zero-order valence-electron chi connectivity index (χ0n) is 33.1. The van der Waals surface area contributed by atoms with Crippen LogP contribution in [0, 0.1) is 0 Å². The molecule has 0 saturated carbocycles. The van der Waals surface area contributed by atoms with Crippen LogP contribution in [0.3, 0.4) is 0 Å². The number of amides is 3. The molecule has 0 radical (unpaired) electrons. The van der Waals surface area contributed by atoms with E-state index >= 15 is 0 Å². The molecule has 2 aliphatic heterocycles. The Bertz CT molecular complexity index is 1860. The molecule has 3 aromatic rings. The van der Waals surface area contributed by atoms with Crippen LogP contribution in [-0.4, -0.2) is 91.7 Å². The monoisotopic (exact) mass is 813 g/mol. The van der Waals surface area contributed by atoms with Gasteiger partial charge in [-0.05, 0) is 37.5 Å². The molecule has 2 saturated heterocycles. The topological polar surface area (TPSA) is 186 Å². The van der Waals surface area contributed by atoms with Gasteiger partial charge in [-0.25, -0.2) is 4.79 Å². The zero-order valence-corrected chi connectivity index (χ0v) is 33.1. The molecule has 9 atom stereocenters. The van der Waals surface area contributed by atoms with Gasteiger partial charge in [0.1, 0.15) is 55.8 Å². The standard InChI is InChI=1S/C44H51N3O12/c1-5-24-53-42(52)33(22-23-36(49)54-25-30-16-10-7-11-17-30)46-40(50)28(3)45-41(51)29(4)57-39-37(47-35(48)6-2)44(55-26-31-18-12-8-13-19-31)58-34-27-56-43(59-38(34)39)32-20-14-9-15-21-32/h5-21,28-29,33-34,37-39,43-44H,1-2,22-27H2,3-4H3,(H,45,51)(H,46,50)(H,47,48)/t28-,29+,33+,34+,37+,38+,39+,43+,44-/m0/s1. The van der Waals surface area contributed by atoms with E-state index in [9.17, 15) is 24.0 Å². The molecule has 3 N–H and O–H groups in total. The van der Waals surface area contributed by atoms with Crippen molar-refractivity contribution in [1.29, 1.82) is 0 Å². The van der Waals surface area contributed by atoms with Crippen LogP contribution in [0.4, 0.5) is 0 Å². The average molecular weight is 814 g/mol. The summed E-state index contributed by atoms with van der Waals surface area (Å²) in [4.78, 5) is 65.4. The Hall–Kier alpha value is -5.71. The van der Waals surface area contributed by atoms with Crippen molar-refractivity contribution in [3.8, 4) is 0 Å². The Kier molecular flexibility index (Phi) is 16.9. The lowest BCUT2D eigenvalue weighted by molar-refractivity contribution is -0.351. The Morgan fingerprint density at radius 2 is 1.46 bits per heavy atom. The maximum Gasteiger partial charge on any atom is 0.328 e. The van der Waals surface area contributed by atoms with Crippen LogP contribution in [0.2, 0.25) is 0 Å². The van der Waals surface area contributed by atoms with Gasteiger partial charge in [0.15, 0.2) is 12.6 Å². The van der Waals surface area contributed by atoms with Gasteiger partial charge >= 0.3 is 11.9 Å². The lowest BCUT2D eigenvalue weighted by atomic mass is 9.95. The number of ether oxygens (including phenoxy) is 7. The third-order valence-corrected chi connectivity index (χ3v) is 9.47. The highest BCUT2D eigenvalue weighted by atomic mass is 16.8. The second kappa shape index (κ2) is 22.4. The number of rotatable bonds is 20. The summed E-state index contributed by atoms with van der Waals surface area (Å²) in [5.41, 5.74) is 2.38. The highest BCUT2D eigenvalue weighted by molar-refractivity contribution is 5.91. The largest absolute Gasteiger partial charge is 0.461 e. The Morgan fingerprint density at radius 1 is 0.814 bits per heavy atom. The van der Waals surface area contributed by atoms with Crippen molar-refractivity contribution in [1.82, 2.24) is 16.0 Å². The maximum absolute atomic E-state index is 13.7. The first-order valence-corrected chi connectivity index (χ1v) is 19.4. The zero-order chi connectivity index (χ0) is 42.1. The molecule has 0 aromatic heterocycles. The van der Waals surface area contributed by atoms with Crippen molar-refractivity contribution < 1.29 is 57.1 Å². The van der Waals surface area contributed by atoms with E-state index in [-0.39, 0.29) is 39.3 Å². The van der Waals surface area contributed by atoms with Crippen molar-refractivity contribution in [3.63, 3.8) is 0 Å². The van der Waals surface area contributed by atoms with E-state index in [4.69, 9.17) is 33.2 Å². The minimum Gasteiger partial charge on any atom is -0.461 e. The summed E-state index contributed by atoms with van der Waals surface area (Å²) in [6.07, 6.45) is -3.59. The molecule has 0 aliphatic carbocycles. The first-order chi connectivity index (χ1) is 28.6. The maximum atomic E-state index is 13.7. The van der Waals surface area contributed by atoms with E-state index < -0.39 is 84.8 Å². The fraction of sp³-hybridized carbons (Fsp3) is 0.386. The van der Waals surface area contributed by atoms with Crippen molar-refractivity contribution >= 4 is 29.7 Å². The van der Waals surface area contributed by atoms with Crippen LogP contribution in [0.1, 0.15) is 49.7 Å². The van der Waals surface area contributed by atoms with Crippen LogP contribution in [0.25, 0.3) is 0 Å². The molecule has 3 aromatic carbocycles. The van der Waals surface area contributed by atoms with E-state index in [1.165, 1.54) is 19.9 Å². The molecule has 2 heterocycles. The van der Waals surface area contributed by atoms with Gasteiger partial charge in [0, 0.05) is 12.0 Å². The normalized spacial score (nSPS) is 22.5. The summed E-state index contributed by atoms with van der Waals surface area (Å²) in [7, 11) is 0. The highest BCUT2D eigenvalue weighted by Crippen LogP contribution is 2.36. The minimum atomic E-state index is -1.23. The van der Waals surface area contributed by atoms with Crippen molar-refractivity contribution in [3.05, 3.63) is 133 Å². The predicted molar refractivity (Wildman–Crippen MR) is 213 cm³/mol. The van der Waals surface area contributed by atoms with E-state index in [1.54, 1.807) is 0 Å². The smallest absolute Gasteiger partial charge is 0.328 e. The number of fused-ring (bicyclic) bond motifs is 1. The fourth-order valence-electron chi connectivity index (χ4n) is 6.34. The first-order valence-electron chi connectivity index (χ1n) is 19.4. The van der Waals surface area contributed by atoms with E-state index in [0.717, 1.165) is 22.8 Å².